The average molecular weight is 723 g/mol. The van der Waals surface area contributed by atoms with E-state index in [1.54, 1.807) is 31.3 Å². The molecule has 266 valence electrons. The number of nitrogens with zero attached hydrogens (tertiary/aromatic N) is 5. The van der Waals surface area contributed by atoms with Crippen molar-refractivity contribution < 1.29 is 18.6 Å². The van der Waals surface area contributed by atoms with Crippen LogP contribution >= 0.6 is 11.8 Å². The van der Waals surface area contributed by atoms with E-state index in [-0.39, 0.29) is 5.04 Å². The third kappa shape index (κ3) is 8.46. The standard InChI is InChI=1S/C39H46N6O4SSi/c1-39(2,3)51(7,8)49-16-15-47-31-17-27(20-41-21-31)25-50-37-35-33(23-45(5)36(35)43-38(40-4)44-37)28-11-14-34-29(18-28)19-32(22-42-34)48-24-26-9-12-30(46-6)13-10-26/h9-14,17-23H,15-16,24-25H2,1-8H3,(H,40,43,44). The van der Waals surface area contributed by atoms with E-state index >= 15 is 0 Å². The maximum Gasteiger partial charge on any atom is 0.225 e. The monoisotopic (exact) mass is 722 g/mol. The summed E-state index contributed by atoms with van der Waals surface area (Å²) in [5.41, 5.74) is 5.91. The molecule has 0 radical (unpaired) electrons. The smallest absolute Gasteiger partial charge is 0.225 e. The van der Waals surface area contributed by atoms with E-state index in [9.17, 15) is 0 Å². The Labute approximate surface area is 305 Å². The van der Waals surface area contributed by atoms with E-state index in [0.717, 1.165) is 60.7 Å². The summed E-state index contributed by atoms with van der Waals surface area (Å²) >= 11 is 1.65. The number of methoxy groups -OCH3 is 1. The van der Waals surface area contributed by atoms with Crippen molar-refractivity contribution >= 4 is 48.0 Å². The molecule has 0 fully saturated rings. The molecular weight excluding hydrogens is 677 g/mol. The van der Waals surface area contributed by atoms with E-state index in [2.05, 4.69) is 72.0 Å². The molecule has 6 rings (SSSR count). The van der Waals surface area contributed by atoms with Crippen molar-refractivity contribution in [3.8, 4) is 28.4 Å². The SMILES string of the molecule is CNc1nc(SCc2cncc(OCCO[Si](C)(C)C(C)(C)C)c2)c2c(-c3ccc4ncc(OCc5ccc(OC)cc5)cc4c3)cn(C)c2n1. The Kier molecular flexibility index (Phi) is 10.8. The number of fused-ring (bicyclic) bond motifs is 2. The van der Waals surface area contributed by atoms with Crippen LogP contribution in [0, 0.1) is 0 Å². The van der Waals surface area contributed by atoms with Crippen LogP contribution in [0.3, 0.4) is 0 Å². The number of rotatable bonds is 14. The zero-order valence-corrected chi connectivity index (χ0v) is 32.4. The van der Waals surface area contributed by atoms with Crippen LogP contribution in [-0.4, -0.2) is 60.2 Å². The molecule has 0 unspecified atom stereocenters. The van der Waals surface area contributed by atoms with Gasteiger partial charge in [0.2, 0.25) is 5.95 Å². The van der Waals surface area contributed by atoms with E-state index in [4.69, 9.17) is 28.6 Å². The van der Waals surface area contributed by atoms with Crippen molar-refractivity contribution in [2.24, 2.45) is 7.05 Å². The highest BCUT2D eigenvalue weighted by Gasteiger charge is 2.36. The number of aromatic nitrogens is 5. The molecule has 0 spiro atoms. The highest BCUT2D eigenvalue weighted by atomic mass is 32.2. The molecule has 4 aromatic heterocycles. The van der Waals surface area contributed by atoms with Gasteiger partial charge in [0.1, 0.15) is 41.1 Å². The second-order valence-corrected chi connectivity index (χ2v) is 19.7. The van der Waals surface area contributed by atoms with Gasteiger partial charge in [-0.25, -0.2) is 4.98 Å². The Hall–Kier alpha value is -4.65. The fraction of sp³-hybridized carbons (Fsp3) is 0.333. The summed E-state index contributed by atoms with van der Waals surface area (Å²) in [6.45, 7) is 12.7. The minimum absolute atomic E-state index is 0.159. The molecule has 0 aliphatic heterocycles. The first-order valence-corrected chi connectivity index (χ1v) is 20.9. The van der Waals surface area contributed by atoms with Gasteiger partial charge in [0.15, 0.2) is 8.32 Å². The Morgan fingerprint density at radius 2 is 1.65 bits per heavy atom. The topological polar surface area (TPSA) is 105 Å². The molecule has 6 aromatic rings. The summed E-state index contributed by atoms with van der Waals surface area (Å²) in [5, 5.41) is 6.14. The molecular formula is C39H46N6O4SSi. The fourth-order valence-corrected chi connectivity index (χ4v) is 7.35. The number of ether oxygens (including phenoxy) is 3. The summed E-state index contributed by atoms with van der Waals surface area (Å²) in [4.78, 5) is 18.9. The summed E-state index contributed by atoms with van der Waals surface area (Å²) in [6, 6.07) is 18.2. The Bertz CT molecular complexity index is 2130. The molecule has 1 N–H and O–H groups in total. The van der Waals surface area contributed by atoms with Crippen molar-refractivity contribution in [3.05, 3.63) is 90.5 Å². The van der Waals surface area contributed by atoms with Crippen molar-refractivity contribution in [1.82, 2.24) is 24.5 Å². The Balaban J connectivity index is 1.21. The molecule has 0 amide bonds. The van der Waals surface area contributed by atoms with E-state index < -0.39 is 8.32 Å². The summed E-state index contributed by atoms with van der Waals surface area (Å²) < 4.78 is 25.8. The van der Waals surface area contributed by atoms with Gasteiger partial charge in [-0.15, -0.1) is 11.8 Å². The Morgan fingerprint density at radius 1 is 0.863 bits per heavy atom. The third-order valence-corrected chi connectivity index (χ3v) is 14.9. The van der Waals surface area contributed by atoms with Crippen molar-refractivity contribution in [3.63, 3.8) is 0 Å². The number of pyridine rings is 2. The van der Waals surface area contributed by atoms with Crippen LogP contribution in [0.4, 0.5) is 5.95 Å². The largest absolute Gasteiger partial charge is 0.497 e. The highest BCUT2D eigenvalue weighted by molar-refractivity contribution is 7.98. The molecule has 51 heavy (non-hydrogen) atoms. The van der Waals surface area contributed by atoms with Gasteiger partial charge < -0.3 is 28.5 Å². The molecule has 4 heterocycles. The minimum atomic E-state index is -1.83. The number of nitrogens with one attached hydrogen (secondary N) is 1. The second kappa shape index (κ2) is 15.3. The molecule has 0 bridgehead atoms. The van der Waals surface area contributed by atoms with Gasteiger partial charge in [0.05, 0.1) is 37.0 Å². The lowest BCUT2D eigenvalue weighted by Gasteiger charge is -2.36. The lowest BCUT2D eigenvalue weighted by molar-refractivity contribution is 0.203. The van der Waals surface area contributed by atoms with Crippen molar-refractivity contribution in [2.45, 2.75) is 56.3 Å². The van der Waals surface area contributed by atoms with Crippen LogP contribution in [0.25, 0.3) is 33.1 Å². The van der Waals surface area contributed by atoms with Crippen LogP contribution < -0.4 is 19.5 Å². The van der Waals surface area contributed by atoms with Crippen molar-refractivity contribution in [1.29, 1.82) is 0 Å². The first kappa shape index (κ1) is 36.1. The zero-order valence-electron chi connectivity index (χ0n) is 30.6. The molecule has 12 heteroatoms. The predicted octanol–water partition coefficient (Wildman–Crippen LogP) is 8.90. The molecule has 0 saturated carbocycles. The highest BCUT2D eigenvalue weighted by Crippen LogP contribution is 2.39. The first-order valence-electron chi connectivity index (χ1n) is 17.0. The number of hydrogen-bond donors (Lipinski definition) is 1. The summed E-state index contributed by atoms with van der Waals surface area (Å²) in [6.07, 6.45) is 7.51. The predicted molar refractivity (Wildman–Crippen MR) is 209 cm³/mol. The van der Waals surface area contributed by atoms with Gasteiger partial charge in [-0.05, 0) is 71.2 Å². The fourth-order valence-electron chi connectivity index (χ4n) is 5.37. The number of hydrogen-bond acceptors (Lipinski definition) is 10. The first-order chi connectivity index (χ1) is 24.4. The maximum absolute atomic E-state index is 6.28. The van der Waals surface area contributed by atoms with Crippen LogP contribution in [0.1, 0.15) is 31.9 Å². The second-order valence-electron chi connectivity index (χ2n) is 13.9. The molecule has 0 aliphatic carbocycles. The van der Waals surface area contributed by atoms with Gasteiger partial charge in [0.25, 0.3) is 0 Å². The van der Waals surface area contributed by atoms with Crippen LogP contribution in [-0.2, 0) is 23.8 Å². The van der Waals surface area contributed by atoms with Crippen molar-refractivity contribution in [2.75, 3.05) is 32.7 Å². The normalized spacial score (nSPS) is 12.0. The Morgan fingerprint density at radius 3 is 2.39 bits per heavy atom. The van der Waals surface area contributed by atoms with Crippen LogP contribution in [0.2, 0.25) is 18.1 Å². The average Bonchev–Trinajstić information content (AvgIpc) is 3.47. The number of benzene rings is 2. The lowest BCUT2D eigenvalue weighted by Crippen LogP contribution is -2.41. The van der Waals surface area contributed by atoms with Gasteiger partial charge in [-0.2, -0.15) is 4.98 Å². The third-order valence-electron chi connectivity index (χ3n) is 9.30. The van der Waals surface area contributed by atoms with Gasteiger partial charge >= 0.3 is 0 Å². The van der Waals surface area contributed by atoms with E-state index in [1.807, 2.05) is 62.8 Å². The summed E-state index contributed by atoms with van der Waals surface area (Å²) in [5.74, 6) is 3.47. The lowest BCUT2D eigenvalue weighted by atomic mass is 10.0. The summed E-state index contributed by atoms with van der Waals surface area (Å²) in [7, 11) is 3.68. The van der Waals surface area contributed by atoms with Gasteiger partial charge in [0, 0.05) is 43.2 Å². The van der Waals surface area contributed by atoms with E-state index in [1.165, 1.54) is 0 Å². The maximum atomic E-state index is 6.28. The molecule has 0 saturated heterocycles. The number of anilines is 1. The number of thioether (sulfide) groups is 1. The minimum Gasteiger partial charge on any atom is -0.497 e. The van der Waals surface area contributed by atoms with E-state index in [0.29, 0.717) is 37.3 Å². The van der Waals surface area contributed by atoms with Gasteiger partial charge in [-0.3, -0.25) is 9.97 Å². The molecule has 0 aliphatic rings. The molecule has 0 atom stereocenters. The molecule has 10 nitrogen and oxygen atoms in total. The quantitative estimate of drug-likeness (QED) is 0.0507. The molecule has 2 aromatic carbocycles. The zero-order chi connectivity index (χ0) is 36.2. The van der Waals surface area contributed by atoms with Crippen LogP contribution in [0.5, 0.6) is 17.2 Å². The van der Waals surface area contributed by atoms with Crippen LogP contribution in [0.15, 0.2) is 84.4 Å². The van der Waals surface area contributed by atoms with Gasteiger partial charge in [-0.1, -0.05) is 39.0 Å². The number of aryl methyl sites for hydroxylation is 1.